The van der Waals surface area contributed by atoms with Crippen molar-refractivity contribution < 1.29 is 0 Å². The minimum Gasteiger partial charge on any atom is -0.310 e. The van der Waals surface area contributed by atoms with Crippen LogP contribution in [0.5, 0.6) is 0 Å². The number of aryl methyl sites for hydroxylation is 2. The molecule has 0 aliphatic heterocycles. The topological polar surface area (TPSA) is 43.8 Å². The van der Waals surface area contributed by atoms with Crippen molar-refractivity contribution in [1.82, 2.24) is 29.0 Å². The molecule has 0 bridgehead atoms. The first-order chi connectivity index (χ1) is 12.4. The predicted octanol–water partition coefficient (Wildman–Crippen LogP) is 3.56. The standard InChI is InChI=1S/C18H23ClN6S/c1-13-16(10-22(3)12-25-18(26)23(4)11-20-25)14(2)24(21-13)9-15-7-5-6-8-17(15)19/h5-8,11H,9-10,12H2,1-4H3. The maximum absolute atomic E-state index is 6.29. The molecule has 0 fully saturated rings. The molecule has 138 valence electrons. The Hall–Kier alpha value is -1.96. The second kappa shape index (κ2) is 7.73. The van der Waals surface area contributed by atoms with Gasteiger partial charge in [0, 0.05) is 29.9 Å². The van der Waals surface area contributed by atoms with E-state index < -0.39 is 0 Å². The molecular weight excluding hydrogens is 368 g/mol. The van der Waals surface area contributed by atoms with Crippen molar-refractivity contribution in [3.63, 3.8) is 0 Å². The van der Waals surface area contributed by atoms with Gasteiger partial charge in [-0.2, -0.15) is 10.2 Å². The summed E-state index contributed by atoms with van der Waals surface area (Å²) in [5.41, 5.74) is 4.48. The van der Waals surface area contributed by atoms with Crippen LogP contribution in [-0.4, -0.2) is 36.1 Å². The molecule has 2 aromatic heterocycles. The first kappa shape index (κ1) is 18.8. The van der Waals surface area contributed by atoms with Crippen molar-refractivity contribution in [2.75, 3.05) is 7.05 Å². The van der Waals surface area contributed by atoms with Gasteiger partial charge in [-0.1, -0.05) is 29.8 Å². The number of rotatable bonds is 6. The molecule has 26 heavy (non-hydrogen) atoms. The lowest BCUT2D eigenvalue weighted by Gasteiger charge is -2.17. The Morgan fingerprint density at radius 3 is 2.58 bits per heavy atom. The van der Waals surface area contributed by atoms with Crippen LogP contribution in [0.2, 0.25) is 5.02 Å². The van der Waals surface area contributed by atoms with Gasteiger partial charge in [-0.15, -0.1) is 0 Å². The number of hydrogen-bond acceptors (Lipinski definition) is 4. The van der Waals surface area contributed by atoms with Gasteiger partial charge in [0.1, 0.15) is 6.33 Å². The van der Waals surface area contributed by atoms with Crippen LogP contribution in [0.4, 0.5) is 0 Å². The van der Waals surface area contributed by atoms with E-state index in [1.807, 2.05) is 52.2 Å². The monoisotopic (exact) mass is 390 g/mol. The fraction of sp³-hybridized carbons (Fsp3) is 0.389. The summed E-state index contributed by atoms with van der Waals surface area (Å²) in [6, 6.07) is 7.88. The maximum atomic E-state index is 6.29. The molecule has 3 rings (SSSR count). The highest BCUT2D eigenvalue weighted by Crippen LogP contribution is 2.20. The lowest BCUT2D eigenvalue weighted by molar-refractivity contribution is 0.243. The molecule has 0 saturated heterocycles. The van der Waals surface area contributed by atoms with E-state index in [1.54, 1.807) is 6.33 Å². The van der Waals surface area contributed by atoms with Crippen LogP contribution in [0.15, 0.2) is 30.6 Å². The number of benzene rings is 1. The highest BCUT2D eigenvalue weighted by molar-refractivity contribution is 7.71. The lowest BCUT2D eigenvalue weighted by atomic mass is 10.2. The van der Waals surface area contributed by atoms with E-state index in [4.69, 9.17) is 28.9 Å². The van der Waals surface area contributed by atoms with Crippen LogP contribution >= 0.6 is 23.8 Å². The van der Waals surface area contributed by atoms with Crippen molar-refractivity contribution in [1.29, 1.82) is 0 Å². The maximum Gasteiger partial charge on any atom is 0.198 e. The molecule has 0 N–H and O–H groups in total. The summed E-state index contributed by atoms with van der Waals surface area (Å²) < 4.78 is 6.38. The highest BCUT2D eigenvalue weighted by atomic mass is 35.5. The molecule has 0 radical (unpaired) electrons. The van der Waals surface area contributed by atoms with E-state index in [0.717, 1.165) is 28.5 Å². The van der Waals surface area contributed by atoms with Gasteiger partial charge >= 0.3 is 0 Å². The van der Waals surface area contributed by atoms with Crippen molar-refractivity contribution in [2.24, 2.45) is 7.05 Å². The minimum absolute atomic E-state index is 0.633. The van der Waals surface area contributed by atoms with E-state index in [-0.39, 0.29) is 0 Å². The molecule has 3 aromatic rings. The SMILES string of the molecule is Cc1nn(Cc2ccccc2Cl)c(C)c1CN(C)Cn1ncn(C)c1=S. The third-order valence-corrected chi connectivity index (χ3v) is 5.37. The van der Waals surface area contributed by atoms with E-state index in [0.29, 0.717) is 18.0 Å². The minimum atomic E-state index is 0.633. The van der Waals surface area contributed by atoms with E-state index >= 15 is 0 Å². The Bertz CT molecular complexity index is 970. The second-order valence-electron chi connectivity index (χ2n) is 6.58. The van der Waals surface area contributed by atoms with Crippen molar-refractivity contribution in [3.8, 4) is 0 Å². The summed E-state index contributed by atoms with van der Waals surface area (Å²) in [5, 5.41) is 9.79. The zero-order valence-electron chi connectivity index (χ0n) is 15.5. The molecule has 1 aromatic carbocycles. The molecule has 0 atom stereocenters. The van der Waals surface area contributed by atoms with Crippen LogP contribution in [-0.2, 0) is 26.8 Å². The molecule has 0 saturated carbocycles. The fourth-order valence-corrected chi connectivity index (χ4v) is 3.32. The Labute approximate surface area is 163 Å². The van der Waals surface area contributed by atoms with Gasteiger partial charge in [0.15, 0.2) is 4.77 Å². The number of halogens is 1. The first-order valence-corrected chi connectivity index (χ1v) is 9.18. The Morgan fingerprint density at radius 2 is 1.92 bits per heavy atom. The Kier molecular flexibility index (Phi) is 5.60. The van der Waals surface area contributed by atoms with Crippen LogP contribution in [0.25, 0.3) is 0 Å². The third-order valence-electron chi connectivity index (χ3n) is 4.50. The van der Waals surface area contributed by atoms with Crippen LogP contribution in [0, 0.1) is 18.6 Å². The summed E-state index contributed by atoms with van der Waals surface area (Å²) in [7, 11) is 3.96. The number of hydrogen-bond donors (Lipinski definition) is 0. The Balaban J connectivity index is 1.76. The Morgan fingerprint density at radius 1 is 1.19 bits per heavy atom. The molecule has 6 nitrogen and oxygen atoms in total. The molecule has 0 aliphatic rings. The fourth-order valence-electron chi connectivity index (χ4n) is 2.97. The van der Waals surface area contributed by atoms with Crippen molar-refractivity contribution in [2.45, 2.75) is 33.6 Å². The molecule has 0 spiro atoms. The quantitative estimate of drug-likeness (QED) is 0.604. The van der Waals surface area contributed by atoms with Crippen LogP contribution in [0.3, 0.4) is 0 Å². The van der Waals surface area contributed by atoms with Gasteiger partial charge in [0.25, 0.3) is 0 Å². The number of nitrogens with zero attached hydrogens (tertiary/aromatic N) is 6. The van der Waals surface area contributed by atoms with Crippen molar-refractivity contribution >= 4 is 23.8 Å². The molecule has 0 amide bonds. The van der Waals surface area contributed by atoms with Gasteiger partial charge in [-0.3, -0.25) is 9.58 Å². The summed E-state index contributed by atoms with van der Waals surface area (Å²) in [4.78, 5) is 2.18. The second-order valence-corrected chi connectivity index (χ2v) is 7.35. The molecule has 2 heterocycles. The van der Waals surface area contributed by atoms with Gasteiger partial charge < -0.3 is 4.57 Å². The largest absolute Gasteiger partial charge is 0.310 e. The average Bonchev–Trinajstić information content (AvgIpc) is 3.05. The van der Waals surface area contributed by atoms with Gasteiger partial charge in [-0.25, -0.2) is 4.68 Å². The smallest absolute Gasteiger partial charge is 0.198 e. The summed E-state index contributed by atoms with van der Waals surface area (Å²) in [6.07, 6.45) is 1.73. The van der Waals surface area contributed by atoms with Gasteiger partial charge in [0.2, 0.25) is 0 Å². The molecule has 8 heteroatoms. The zero-order chi connectivity index (χ0) is 18.8. The lowest BCUT2D eigenvalue weighted by Crippen LogP contribution is -2.23. The van der Waals surface area contributed by atoms with Crippen molar-refractivity contribution in [3.05, 3.63) is 62.9 Å². The average molecular weight is 391 g/mol. The van der Waals surface area contributed by atoms with Crippen LogP contribution in [0.1, 0.15) is 22.5 Å². The highest BCUT2D eigenvalue weighted by Gasteiger charge is 2.15. The van der Waals surface area contributed by atoms with Gasteiger partial charge in [-0.05, 0) is 44.7 Å². The summed E-state index contributed by atoms with van der Waals surface area (Å²) in [5.74, 6) is 0. The van der Waals surface area contributed by atoms with E-state index in [1.165, 1.54) is 5.56 Å². The predicted molar refractivity (Wildman–Crippen MR) is 106 cm³/mol. The number of aromatic nitrogens is 5. The van der Waals surface area contributed by atoms with Gasteiger partial charge in [0.05, 0.1) is 18.9 Å². The molecular formula is C18H23ClN6S. The van der Waals surface area contributed by atoms with E-state index in [9.17, 15) is 0 Å². The summed E-state index contributed by atoms with van der Waals surface area (Å²) in [6.45, 7) is 6.23. The normalized spacial score (nSPS) is 11.5. The van der Waals surface area contributed by atoms with E-state index in [2.05, 4.69) is 24.0 Å². The summed E-state index contributed by atoms with van der Waals surface area (Å²) >= 11 is 11.7. The third kappa shape index (κ3) is 3.90. The zero-order valence-corrected chi connectivity index (χ0v) is 17.0. The van der Waals surface area contributed by atoms with Crippen LogP contribution < -0.4 is 0 Å². The first-order valence-electron chi connectivity index (χ1n) is 8.40. The molecule has 0 unspecified atom stereocenters. The molecule has 0 aliphatic carbocycles.